The molecule has 1 aliphatic heterocycles. The van der Waals surface area contributed by atoms with E-state index in [1.165, 1.54) is 0 Å². The quantitative estimate of drug-likeness (QED) is 0.911. The van der Waals surface area contributed by atoms with Crippen molar-refractivity contribution >= 4 is 23.4 Å². The number of rotatable bonds is 3. The van der Waals surface area contributed by atoms with Gasteiger partial charge in [0.15, 0.2) is 6.10 Å². The molecule has 1 amide bonds. The molecule has 102 valence electrons. The number of ether oxygens (including phenoxy) is 1. The molecule has 2 aromatic rings. The van der Waals surface area contributed by atoms with Crippen molar-refractivity contribution in [2.45, 2.75) is 15.9 Å². The van der Waals surface area contributed by atoms with E-state index in [0.29, 0.717) is 11.3 Å². The number of nitrogens with one attached hydrogen (secondary N) is 1. The van der Waals surface area contributed by atoms with Gasteiger partial charge in [0.25, 0.3) is 5.91 Å². The van der Waals surface area contributed by atoms with Crippen molar-refractivity contribution < 1.29 is 14.6 Å². The average Bonchev–Trinajstić information content (AvgIpc) is 2.74. The van der Waals surface area contributed by atoms with Gasteiger partial charge in [0.2, 0.25) is 0 Å². The number of carbonyl (C=O) groups is 1. The maximum atomic E-state index is 11.4. The lowest BCUT2D eigenvalue weighted by Crippen LogP contribution is -2.10. The Morgan fingerprint density at radius 1 is 1.20 bits per heavy atom. The molecule has 0 bridgehead atoms. The van der Waals surface area contributed by atoms with Crippen LogP contribution in [-0.4, -0.2) is 18.1 Å². The van der Waals surface area contributed by atoms with Crippen LogP contribution in [0.15, 0.2) is 52.3 Å². The van der Waals surface area contributed by atoms with Gasteiger partial charge in [-0.05, 0) is 30.3 Å². The second-order valence-corrected chi connectivity index (χ2v) is 5.57. The van der Waals surface area contributed by atoms with Crippen LogP contribution in [0.3, 0.4) is 0 Å². The standard InChI is InChI=1S/C15H13NO3S/c1-19-9-3-2-4-10(7-9)20-11-5-6-12-13(8-11)16-15(18)14(12)17/h2-8,14,17H,1H3,(H,16,18). The molecular formula is C15H13NO3S. The minimum atomic E-state index is -1.05. The number of fused-ring (bicyclic) bond motifs is 1. The zero-order valence-corrected chi connectivity index (χ0v) is 11.6. The topological polar surface area (TPSA) is 58.6 Å². The van der Waals surface area contributed by atoms with Crippen LogP contribution < -0.4 is 10.1 Å². The molecule has 1 atom stereocenters. The van der Waals surface area contributed by atoms with E-state index in [9.17, 15) is 9.90 Å². The summed E-state index contributed by atoms with van der Waals surface area (Å²) in [5, 5.41) is 12.3. The summed E-state index contributed by atoms with van der Waals surface area (Å²) in [6.07, 6.45) is -1.05. The fraction of sp³-hybridized carbons (Fsp3) is 0.133. The maximum Gasteiger partial charge on any atom is 0.257 e. The van der Waals surface area contributed by atoms with E-state index < -0.39 is 6.10 Å². The number of hydrogen-bond donors (Lipinski definition) is 2. The highest BCUT2D eigenvalue weighted by atomic mass is 32.2. The Hall–Kier alpha value is -1.98. The molecular weight excluding hydrogens is 274 g/mol. The number of methoxy groups -OCH3 is 1. The predicted molar refractivity (Wildman–Crippen MR) is 77.1 cm³/mol. The molecule has 0 aliphatic carbocycles. The zero-order valence-electron chi connectivity index (χ0n) is 10.8. The molecule has 0 saturated heterocycles. The van der Waals surface area contributed by atoms with Crippen LogP contribution in [-0.2, 0) is 4.79 Å². The van der Waals surface area contributed by atoms with Crippen molar-refractivity contribution in [3.8, 4) is 5.75 Å². The van der Waals surface area contributed by atoms with E-state index >= 15 is 0 Å². The summed E-state index contributed by atoms with van der Waals surface area (Å²) in [6.45, 7) is 0. The fourth-order valence-electron chi connectivity index (χ4n) is 2.09. The predicted octanol–water partition coefficient (Wildman–Crippen LogP) is 2.83. The summed E-state index contributed by atoms with van der Waals surface area (Å²) in [4.78, 5) is 13.4. The first-order chi connectivity index (χ1) is 9.67. The molecule has 2 N–H and O–H groups in total. The first-order valence-electron chi connectivity index (χ1n) is 6.12. The molecule has 5 heteroatoms. The van der Waals surface area contributed by atoms with Gasteiger partial charge in [-0.3, -0.25) is 4.79 Å². The molecule has 2 aromatic carbocycles. The third kappa shape index (κ3) is 2.37. The number of aliphatic hydroxyl groups excluding tert-OH is 1. The average molecular weight is 287 g/mol. The van der Waals surface area contributed by atoms with Gasteiger partial charge in [-0.15, -0.1) is 0 Å². The van der Waals surface area contributed by atoms with Crippen molar-refractivity contribution in [3.05, 3.63) is 48.0 Å². The Morgan fingerprint density at radius 2 is 2.00 bits per heavy atom. The minimum absolute atomic E-state index is 0.372. The lowest BCUT2D eigenvalue weighted by Gasteiger charge is -2.06. The molecule has 0 saturated carbocycles. The fourth-order valence-corrected chi connectivity index (χ4v) is 3.00. The van der Waals surface area contributed by atoms with Gasteiger partial charge in [-0.1, -0.05) is 23.9 Å². The van der Waals surface area contributed by atoms with E-state index in [2.05, 4.69) is 5.32 Å². The largest absolute Gasteiger partial charge is 0.497 e. The maximum absolute atomic E-state index is 11.4. The molecule has 0 fully saturated rings. The Bertz CT molecular complexity index is 672. The van der Waals surface area contributed by atoms with Crippen molar-refractivity contribution in [1.29, 1.82) is 0 Å². The highest BCUT2D eigenvalue weighted by Crippen LogP contribution is 2.37. The first-order valence-corrected chi connectivity index (χ1v) is 6.94. The Kier molecular flexibility index (Phi) is 3.38. The molecule has 1 aliphatic rings. The zero-order chi connectivity index (χ0) is 14.1. The van der Waals surface area contributed by atoms with Gasteiger partial charge in [-0.2, -0.15) is 0 Å². The molecule has 1 heterocycles. The molecule has 0 aromatic heterocycles. The number of aliphatic hydroxyl groups is 1. The Morgan fingerprint density at radius 3 is 2.80 bits per heavy atom. The second-order valence-electron chi connectivity index (χ2n) is 4.42. The van der Waals surface area contributed by atoms with Crippen LogP contribution in [0, 0.1) is 0 Å². The van der Waals surface area contributed by atoms with E-state index in [1.54, 1.807) is 24.9 Å². The molecule has 4 nitrogen and oxygen atoms in total. The van der Waals surface area contributed by atoms with Gasteiger partial charge in [-0.25, -0.2) is 0 Å². The normalized spacial score (nSPS) is 16.7. The van der Waals surface area contributed by atoms with Gasteiger partial charge in [0.1, 0.15) is 5.75 Å². The number of amides is 1. The van der Waals surface area contributed by atoms with Crippen molar-refractivity contribution in [2.75, 3.05) is 12.4 Å². The molecule has 20 heavy (non-hydrogen) atoms. The summed E-state index contributed by atoms with van der Waals surface area (Å²) >= 11 is 1.57. The van der Waals surface area contributed by atoms with Crippen molar-refractivity contribution in [3.63, 3.8) is 0 Å². The highest BCUT2D eigenvalue weighted by molar-refractivity contribution is 7.99. The molecule has 0 radical (unpaired) electrons. The Labute approximate surface area is 120 Å². The van der Waals surface area contributed by atoms with Gasteiger partial charge in [0.05, 0.1) is 7.11 Å². The van der Waals surface area contributed by atoms with Crippen LogP contribution in [0.1, 0.15) is 11.7 Å². The first kappa shape index (κ1) is 13.0. The lowest BCUT2D eigenvalue weighted by molar-refractivity contribution is -0.123. The van der Waals surface area contributed by atoms with Crippen LogP contribution in [0.25, 0.3) is 0 Å². The van der Waals surface area contributed by atoms with E-state index in [4.69, 9.17) is 4.74 Å². The van der Waals surface area contributed by atoms with Gasteiger partial charge in [0, 0.05) is 21.0 Å². The minimum Gasteiger partial charge on any atom is -0.497 e. The lowest BCUT2D eigenvalue weighted by atomic mass is 10.1. The second kappa shape index (κ2) is 5.19. The molecule has 0 spiro atoms. The molecule has 1 unspecified atom stereocenters. The van der Waals surface area contributed by atoms with Crippen molar-refractivity contribution in [2.24, 2.45) is 0 Å². The number of anilines is 1. The summed E-state index contributed by atoms with van der Waals surface area (Å²) in [7, 11) is 1.64. The monoisotopic (exact) mass is 287 g/mol. The third-order valence-corrected chi connectivity index (χ3v) is 4.08. The summed E-state index contributed by atoms with van der Waals surface area (Å²) < 4.78 is 5.19. The number of hydrogen-bond acceptors (Lipinski definition) is 4. The third-order valence-electron chi connectivity index (χ3n) is 3.10. The van der Waals surface area contributed by atoms with Gasteiger partial charge >= 0.3 is 0 Å². The van der Waals surface area contributed by atoms with Crippen LogP contribution in [0.4, 0.5) is 5.69 Å². The van der Waals surface area contributed by atoms with Crippen LogP contribution >= 0.6 is 11.8 Å². The molecule has 3 rings (SSSR count). The van der Waals surface area contributed by atoms with Crippen LogP contribution in [0.5, 0.6) is 5.75 Å². The number of benzene rings is 2. The van der Waals surface area contributed by atoms with E-state index in [1.807, 2.05) is 36.4 Å². The number of carbonyl (C=O) groups excluding carboxylic acids is 1. The highest BCUT2D eigenvalue weighted by Gasteiger charge is 2.28. The van der Waals surface area contributed by atoms with E-state index in [0.717, 1.165) is 15.5 Å². The van der Waals surface area contributed by atoms with Gasteiger partial charge < -0.3 is 15.2 Å². The van der Waals surface area contributed by atoms with Crippen LogP contribution in [0.2, 0.25) is 0 Å². The SMILES string of the molecule is COc1cccc(Sc2ccc3c(c2)NC(=O)C3O)c1. The summed E-state index contributed by atoms with van der Waals surface area (Å²) in [5.41, 5.74) is 1.31. The van der Waals surface area contributed by atoms with Crippen molar-refractivity contribution in [1.82, 2.24) is 0 Å². The smallest absolute Gasteiger partial charge is 0.257 e. The summed E-state index contributed by atoms with van der Waals surface area (Å²) in [5.74, 6) is 0.434. The Balaban J connectivity index is 1.86. The summed E-state index contributed by atoms with van der Waals surface area (Å²) in [6, 6.07) is 13.3. The van der Waals surface area contributed by atoms with E-state index in [-0.39, 0.29) is 5.91 Å².